The number of para-hydroxylation sites is 1. The van der Waals surface area contributed by atoms with E-state index in [1.54, 1.807) is 24.3 Å². The van der Waals surface area contributed by atoms with Gasteiger partial charge in [-0.1, -0.05) is 47.5 Å². The summed E-state index contributed by atoms with van der Waals surface area (Å²) in [5, 5.41) is 7.97. The van der Waals surface area contributed by atoms with Crippen molar-refractivity contribution >= 4 is 41.0 Å². The predicted molar refractivity (Wildman–Crippen MR) is 87.1 cm³/mol. The summed E-state index contributed by atoms with van der Waals surface area (Å²) in [5.74, 6) is -0.270. The van der Waals surface area contributed by atoms with Crippen molar-refractivity contribution in [3.05, 3.63) is 64.1 Å². The normalized spacial score (nSPS) is 10.6. The maximum absolute atomic E-state index is 11.6. The monoisotopic (exact) mass is 321 g/mol. The van der Waals surface area contributed by atoms with Gasteiger partial charge in [-0.2, -0.15) is 5.10 Å². The fourth-order valence-electron chi connectivity index (χ4n) is 1.59. The Morgan fingerprint density at radius 2 is 1.95 bits per heavy atom. The number of hydrogen-bond donors (Lipinski definition) is 2. The van der Waals surface area contributed by atoms with Gasteiger partial charge >= 0.3 is 0 Å². The minimum absolute atomic E-state index is 0.0800. The second-order valence-electron chi connectivity index (χ2n) is 4.18. The van der Waals surface area contributed by atoms with Gasteiger partial charge in [0.2, 0.25) is 0 Å². The van der Waals surface area contributed by atoms with Crippen molar-refractivity contribution in [2.75, 3.05) is 11.9 Å². The van der Waals surface area contributed by atoms with Crippen LogP contribution in [-0.4, -0.2) is 18.7 Å². The Hall–Kier alpha value is -2.04. The smallest absolute Gasteiger partial charge is 0.259 e. The van der Waals surface area contributed by atoms with Gasteiger partial charge in [-0.15, -0.1) is 0 Å². The number of nitrogens with zero attached hydrogens (tertiary/aromatic N) is 1. The first-order valence-electron chi connectivity index (χ1n) is 6.21. The van der Waals surface area contributed by atoms with Gasteiger partial charge in [-0.05, 0) is 29.8 Å². The van der Waals surface area contributed by atoms with Crippen molar-refractivity contribution in [3.8, 4) is 0 Å². The number of amides is 1. The van der Waals surface area contributed by atoms with Crippen LogP contribution in [0.5, 0.6) is 0 Å². The van der Waals surface area contributed by atoms with E-state index in [-0.39, 0.29) is 12.5 Å². The molecule has 21 heavy (non-hydrogen) atoms. The molecule has 6 heteroatoms. The molecule has 0 radical (unpaired) electrons. The van der Waals surface area contributed by atoms with Gasteiger partial charge in [0.15, 0.2) is 0 Å². The Kier molecular flexibility index (Phi) is 5.60. The van der Waals surface area contributed by atoms with Crippen molar-refractivity contribution < 1.29 is 4.79 Å². The molecule has 0 spiro atoms. The van der Waals surface area contributed by atoms with Gasteiger partial charge in [0, 0.05) is 5.02 Å². The van der Waals surface area contributed by atoms with E-state index < -0.39 is 0 Å². The SMILES string of the molecule is O=C(CNc1ccccc1Cl)N/N=C/c1cccc(Cl)c1. The van der Waals surface area contributed by atoms with Crippen molar-refractivity contribution in [1.29, 1.82) is 0 Å². The first-order chi connectivity index (χ1) is 10.1. The zero-order valence-corrected chi connectivity index (χ0v) is 12.5. The molecule has 1 amide bonds. The third kappa shape index (κ3) is 5.10. The molecule has 0 atom stereocenters. The molecule has 0 bridgehead atoms. The Morgan fingerprint density at radius 1 is 1.14 bits per heavy atom. The molecule has 0 fully saturated rings. The highest BCUT2D eigenvalue weighted by Gasteiger charge is 2.02. The average Bonchev–Trinajstić information content (AvgIpc) is 2.46. The van der Waals surface area contributed by atoms with Crippen molar-refractivity contribution in [2.45, 2.75) is 0 Å². The number of anilines is 1. The largest absolute Gasteiger partial charge is 0.375 e. The van der Waals surface area contributed by atoms with Crippen LogP contribution in [0, 0.1) is 0 Å². The van der Waals surface area contributed by atoms with Gasteiger partial charge in [-0.3, -0.25) is 4.79 Å². The lowest BCUT2D eigenvalue weighted by atomic mass is 10.2. The fraction of sp³-hybridized carbons (Fsp3) is 0.0667. The van der Waals surface area contributed by atoms with Crippen LogP contribution in [0.25, 0.3) is 0 Å². The van der Waals surface area contributed by atoms with Gasteiger partial charge in [0.1, 0.15) is 0 Å². The number of benzene rings is 2. The first-order valence-corrected chi connectivity index (χ1v) is 6.96. The Bertz CT molecular complexity index is 659. The molecule has 4 nitrogen and oxygen atoms in total. The van der Waals surface area contributed by atoms with E-state index in [1.165, 1.54) is 6.21 Å². The Morgan fingerprint density at radius 3 is 2.71 bits per heavy atom. The van der Waals surface area contributed by atoms with E-state index >= 15 is 0 Å². The molecule has 0 aliphatic carbocycles. The summed E-state index contributed by atoms with van der Waals surface area (Å²) in [4.78, 5) is 11.6. The average molecular weight is 322 g/mol. The number of hydrogen-bond acceptors (Lipinski definition) is 3. The number of nitrogens with one attached hydrogen (secondary N) is 2. The fourth-order valence-corrected chi connectivity index (χ4v) is 1.99. The molecule has 0 aliphatic rings. The molecule has 108 valence electrons. The summed E-state index contributed by atoms with van der Waals surface area (Å²) >= 11 is 11.8. The second kappa shape index (κ2) is 7.67. The summed E-state index contributed by atoms with van der Waals surface area (Å²) in [6.45, 7) is 0.0800. The molecular formula is C15H13Cl2N3O. The molecule has 0 saturated carbocycles. The van der Waals surface area contributed by atoms with Crippen molar-refractivity contribution in [2.24, 2.45) is 5.10 Å². The lowest BCUT2D eigenvalue weighted by Gasteiger charge is -2.06. The third-order valence-corrected chi connectivity index (χ3v) is 3.13. The minimum atomic E-state index is -0.270. The molecule has 0 unspecified atom stereocenters. The number of halogens is 2. The highest BCUT2D eigenvalue weighted by atomic mass is 35.5. The van der Waals surface area contributed by atoms with E-state index in [0.29, 0.717) is 15.7 Å². The van der Waals surface area contributed by atoms with Crippen LogP contribution in [0.1, 0.15) is 5.56 Å². The molecule has 2 rings (SSSR count). The van der Waals surface area contributed by atoms with E-state index in [2.05, 4.69) is 15.8 Å². The Balaban J connectivity index is 1.81. The first kappa shape index (κ1) is 15.4. The van der Waals surface area contributed by atoms with E-state index in [9.17, 15) is 4.79 Å². The standard InChI is InChI=1S/C15H13Cl2N3O/c16-12-5-3-4-11(8-12)9-19-20-15(21)10-18-14-7-2-1-6-13(14)17/h1-9,18H,10H2,(H,20,21)/b19-9+. The summed E-state index contributed by atoms with van der Waals surface area (Å²) in [7, 11) is 0. The lowest BCUT2D eigenvalue weighted by Crippen LogP contribution is -2.25. The molecule has 2 aromatic rings. The molecule has 0 aromatic heterocycles. The summed E-state index contributed by atoms with van der Waals surface area (Å²) in [6.07, 6.45) is 1.53. The van der Waals surface area contributed by atoms with Crippen LogP contribution < -0.4 is 10.7 Å². The molecular weight excluding hydrogens is 309 g/mol. The van der Waals surface area contributed by atoms with Gasteiger partial charge < -0.3 is 5.32 Å². The van der Waals surface area contributed by atoms with Crippen LogP contribution in [-0.2, 0) is 4.79 Å². The number of carbonyl (C=O) groups is 1. The Labute approximate surface area is 132 Å². The zero-order valence-electron chi connectivity index (χ0n) is 11.0. The number of carbonyl (C=O) groups excluding carboxylic acids is 1. The molecule has 0 saturated heterocycles. The highest BCUT2D eigenvalue weighted by molar-refractivity contribution is 6.33. The number of hydrazone groups is 1. The van der Waals surface area contributed by atoms with Crippen LogP contribution in [0.2, 0.25) is 10.0 Å². The van der Waals surface area contributed by atoms with E-state index in [0.717, 1.165) is 5.56 Å². The van der Waals surface area contributed by atoms with Gasteiger partial charge in [0.05, 0.1) is 23.5 Å². The second-order valence-corrected chi connectivity index (χ2v) is 5.03. The molecule has 0 aliphatic heterocycles. The van der Waals surface area contributed by atoms with Crippen LogP contribution >= 0.6 is 23.2 Å². The molecule has 2 aromatic carbocycles. The lowest BCUT2D eigenvalue weighted by molar-refractivity contribution is -0.119. The summed E-state index contributed by atoms with van der Waals surface area (Å²) < 4.78 is 0. The van der Waals surface area contributed by atoms with E-state index in [1.807, 2.05) is 24.3 Å². The highest BCUT2D eigenvalue weighted by Crippen LogP contribution is 2.19. The molecule has 2 N–H and O–H groups in total. The van der Waals surface area contributed by atoms with Crippen LogP contribution in [0.4, 0.5) is 5.69 Å². The third-order valence-electron chi connectivity index (χ3n) is 2.56. The molecule has 0 heterocycles. The quantitative estimate of drug-likeness (QED) is 0.653. The van der Waals surface area contributed by atoms with Gasteiger partial charge in [0.25, 0.3) is 5.91 Å². The maximum atomic E-state index is 11.6. The minimum Gasteiger partial charge on any atom is -0.375 e. The maximum Gasteiger partial charge on any atom is 0.259 e. The summed E-state index contributed by atoms with van der Waals surface area (Å²) in [6, 6.07) is 14.4. The van der Waals surface area contributed by atoms with E-state index in [4.69, 9.17) is 23.2 Å². The van der Waals surface area contributed by atoms with Crippen LogP contribution in [0.3, 0.4) is 0 Å². The van der Waals surface area contributed by atoms with Crippen molar-refractivity contribution in [3.63, 3.8) is 0 Å². The zero-order chi connectivity index (χ0) is 15.1. The topological polar surface area (TPSA) is 53.5 Å². The van der Waals surface area contributed by atoms with Crippen molar-refractivity contribution in [1.82, 2.24) is 5.43 Å². The summed E-state index contributed by atoms with van der Waals surface area (Å²) in [5.41, 5.74) is 3.93. The van der Waals surface area contributed by atoms with Gasteiger partial charge in [-0.25, -0.2) is 5.43 Å². The van der Waals surface area contributed by atoms with Crippen LogP contribution in [0.15, 0.2) is 53.6 Å². The number of rotatable bonds is 5. The predicted octanol–water partition coefficient (Wildman–Crippen LogP) is 3.56.